The monoisotopic (exact) mass is 272 g/mol. The molecule has 0 atom stereocenters. The summed E-state index contributed by atoms with van der Waals surface area (Å²) in [5.74, 6) is 0. The van der Waals surface area contributed by atoms with E-state index >= 15 is 0 Å². The van der Waals surface area contributed by atoms with Crippen LogP contribution in [0.15, 0.2) is 17.6 Å². The van der Waals surface area contributed by atoms with Crippen LogP contribution < -0.4 is 5.73 Å². The van der Waals surface area contributed by atoms with Crippen molar-refractivity contribution in [2.75, 3.05) is 13.1 Å². The molecular formula is C11H20N4O2S. The lowest BCUT2D eigenvalue weighted by molar-refractivity contribution is 0.327. The number of hydrogen-bond acceptors (Lipinski definition) is 4. The van der Waals surface area contributed by atoms with Gasteiger partial charge in [-0.2, -0.15) is 4.31 Å². The highest BCUT2D eigenvalue weighted by Gasteiger charge is 2.33. The number of hydrogen-bond donors (Lipinski definition) is 1. The number of nitrogens with zero attached hydrogens (tertiary/aromatic N) is 3. The molecule has 1 heterocycles. The Morgan fingerprint density at radius 1 is 1.50 bits per heavy atom. The molecule has 1 fully saturated rings. The second kappa shape index (κ2) is 5.38. The van der Waals surface area contributed by atoms with Crippen molar-refractivity contribution in [1.82, 2.24) is 13.9 Å². The highest BCUT2D eigenvalue weighted by Crippen LogP contribution is 2.27. The molecule has 1 aromatic heterocycles. The average Bonchev–Trinajstić information content (AvgIpc) is 2.96. The van der Waals surface area contributed by atoms with Crippen molar-refractivity contribution in [2.24, 2.45) is 12.8 Å². The maximum atomic E-state index is 12.5. The lowest BCUT2D eigenvalue weighted by atomic mass is 10.2. The van der Waals surface area contributed by atoms with E-state index < -0.39 is 10.0 Å². The van der Waals surface area contributed by atoms with Crippen molar-refractivity contribution in [1.29, 1.82) is 0 Å². The van der Waals surface area contributed by atoms with E-state index in [2.05, 4.69) is 4.98 Å². The predicted octanol–water partition coefficient (Wildman–Crippen LogP) is 0.312. The highest BCUT2D eigenvalue weighted by molar-refractivity contribution is 7.89. The fraction of sp³-hybridized carbons (Fsp3) is 0.727. The minimum Gasteiger partial charge on any atom is -0.339 e. The zero-order valence-corrected chi connectivity index (χ0v) is 11.4. The first kappa shape index (κ1) is 13.5. The largest absolute Gasteiger partial charge is 0.339 e. The molecular weight excluding hydrogens is 252 g/mol. The molecule has 0 bridgehead atoms. The first-order valence-corrected chi connectivity index (χ1v) is 7.69. The van der Waals surface area contributed by atoms with Crippen LogP contribution in [0.5, 0.6) is 0 Å². The number of aromatic nitrogens is 2. The van der Waals surface area contributed by atoms with Crippen molar-refractivity contribution in [2.45, 2.75) is 36.8 Å². The van der Waals surface area contributed by atoms with Crippen LogP contribution in [0.3, 0.4) is 0 Å². The highest BCUT2D eigenvalue weighted by atomic mass is 32.2. The average molecular weight is 272 g/mol. The van der Waals surface area contributed by atoms with Gasteiger partial charge in [-0.3, -0.25) is 0 Å². The SMILES string of the molecule is Cn1cnc(S(=O)(=O)N(CCN)C2CCCC2)c1. The van der Waals surface area contributed by atoms with Crippen LogP contribution in [0.4, 0.5) is 0 Å². The Hall–Kier alpha value is -0.920. The van der Waals surface area contributed by atoms with Crippen LogP contribution in [0.1, 0.15) is 25.7 Å². The van der Waals surface area contributed by atoms with Crippen molar-refractivity contribution in [3.8, 4) is 0 Å². The molecule has 0 saturated heterocycles. The predicted molar refractivity (Wildman–Crippen MR) is 68.4 cm³/mol. The van der Waals surface area contributed by atoms with Crippen molar-refractivity contribution in [3.05, 3.63) is 12.5 Å². The van der Waals surface area contributed by atoms with E-state index in [9.17, 15) is 8.42 Å². The number of aryl methyl sites for hydroxylation is 1. The molecule has 18 heavy (non-hydrogen) atoms. The molecule has 0 aromatic carbocycles. The number of imidazole rings is 1. The first-order valence-electron chi connectivity index (χ1n) is 6.25. The summed E-state index contributed by atoms with van der Waals surface area (Å²) in [6, 6.07) is 0.0838. The number of rotatable bonds is 5. The van der Waals surface area contributed by atoms with Crippen LogP contribution in [0, 0.1) is 0 Å². The minimum absolute atomic E-state index is 0.0838. The smallest absolute Gasteiger partial charge is 0.262 e. The summed E-state index contributed by atoms with van der Waals surface area (Å²) in [7, 11) is -1.75. The third kappa shape index (κ3) is 2.57. The standard InChI is InChI=1S/C11H20N4O2S/c1-14-8-11(13-9-14)18(16,17)15(7-6-12)10-4-2-3-5-10/h8-10H,2-7,12H2,1H3. The van der Waals surface area contributed by atoms with Gasteiger partial charge in [0.15, 0.2) is 5.03 Å². The van der Waals surface area contributed by atoms with Gasteiger partial charge in [0.1, 0.15) is 0 Å². The zero-order valence-electron chi connectivity index (χ0n) is 10.6. The van der Waals surface area contributed by atoms with Crippen LogP contribution in [0.25, 0.3) is 0 Å². The Kier molecular flexibility index (Phi) is 4.04. The third-order valence-electron chi connectivity index (χ3n) is 3.34. The Labute approximate surface area is 108 Å². The van der Waals surface area contributed by atoms with Gasteiger partial charge in [0.05, 0.1) is 6.33 Å². The molecule has 2 rings (SSSR count). The van der Waals surface area contributed by atoms with Crippen molar-refractivity contribution in [3.63, 3.8) is 0 Å². The van der Waals surface area contributed by atoms with Gasteiger partial charge in [-0.25, -0.2) is 13.4 Å². The molecule has 0 spiro atoms. The summed E-state index contributed by atoms with van der Waals surface area (Å²) < 4.78 is 28.2. The first-order chi connectivity index (χ1) is 8.55. The van der Waals surface area contributed by atoms with E-state index in [0.717, 1.165) is 25.7 Å². The summed E-state index contributed by atoms with van der Waals surface area (Å²) in [5.41, 5.74) is 5.55. The second-order valence-electron chi connectivity index (χ2n) is 4.72. The van der Waals surface area contributed by atoms with E-state index in [-0.39, 0.29) is 11.1 Å². The molecule has 6 nitrogen and oxygen atoms in total. The van der Waals surface area contributed by atoms with Crippen LogP contribution in [-0.4, -0.2) is 41.4 Å². The lowest BCUT2D eigenvalue weighted by Crippen LogP contribution is -2.42. The summed E-state index contributed by atoms with van der Waals surface area (Å²) in [6.07, 6.45) is 7.06. The lowest BCUT2D eigenvalue weighted by Gasteiger charge is -2.26. The van der Waals surface area contributed by atoms with Gasteiger partial charge in [0.25, 0.3) is 10.0 Å². The molecule has 0 unspecified atom stereocenters. The minimum atomic E-state index is -3.50. The van der Waals surface area contributed by atoms with Gasteiger partial charge in [0.2, 0.25) is 0 Å². The van der Waals surface area contributed by atoms with E-state index in [0.29, 0.717) is 13.1 Å². The Bertz CT molecular complexity index is 491. The summed E-state index contributed by atoms with van der Waals surface area (Å²) in [4.78, 5) is 3.95. The normalized spacial score (nSPS) is 17.7. The maximum absolute atomic E-state index is 12.5. The quantitative estimate of drug-likeness (QED) is 0.836. The molecule has 1 aliphatic carbocycles. The van der Waals surface area contributed by atoms with Gasteiger partial charge >= 0.3 is 0 Å². The summed E-state index contributed by atoms with van der Waals surface area (Å²) >= 11 is 0. The van der Waals surface area contributed by atoms with Gasteiger partial charge in [-0.15, -0.1) is 0 Å². The third-order valence-corrected chi connectivity index (χ3v) is 5.17. The summed E-state index contributed by atoms with van der Waals surface area (Å²) in [6.45, 7) is 0.701. The van der Waals surface area contributed by atoms with Crippen LogP contribution in [-0.2, 0) is 17.1 Å². The van der Waals surface area contributed by atoms with E-state index in [1.54, 1.807) is 11.6 Å². The van der Waals surface area contributed by atoms with Crippen molar-refractivity contribution >= 4 is 10.0 Å². The summed E-state index contributed by atoms with van der Waals surface area (Å²) in [5, 5.41) is 0.116. The molecule has 0 amide bonds. The fourth-order valence-corrected chi connectivity index (χ4v) is 4.13. The second-order valence-corrected chi connectivity index (χ2v) is 6.56. The zero-order chi connectivity index (χ0) is 13.2. The Morgan fingerprint density at radius 3 is 2.67 bits per heavy atom. The molecule has 7 heteroatoms. The topological polar surface area (TPSA) is 81.2 Å². The van der Waals surface area contributed by atoms with Crippen LogP contribution >= 0.6 is 0 Å². The van der Waals surface area contributed by atoms with E-state index in [4.69, 9.17) is 5.73 Å². The molecule has 2 N–H and O–H groups in total. The number of nitrogens with two attached hydrogens (primary N) is 1. The Balaban J connectivity index is 2.28. The van der Waals surface area contributed by atoms with E-state index in [1.807, 2.05) is 0 Å². The van der Waals surface area contributed by atoms with Gasteiger partial charge < -0.3 is 10.3 Å². The maximum Gasteiger partial charge on any atom is 0.262 e. The van der Waals surface area contributed by atoms with Gasteiger partial charge in [-0.1, -0.05) is 12.8 Å². The molecule has 0 radical (unpaired) electrons. The Morgan fingerprint density at radius 2 is 2.17 bits per heavy atom. The molecule has 1 aromatic rings. The number of sulfonamides is 1. The van der Waals surface area contributed by atoms with Gasteiger partial charge in [-0.05, 0) is 12.8 Å². The van der Waals surface area contributed by atoms with Gasteiger partial charge in [0, 0.05) is 32.4 Å². The van der Waals surface area contributed by atoms with Crippen molar-refractivity contribution < 1.29 is 8.42 Å². The molecule has 1 saturated carbocycles. The fourth-order valence-electron chi connectivity index (χ4n) is 2.46. The van der Waals surface area contributed by atoms with E-state index in [1.165, 1.54) is 16.8 Å². The molecule has 102 valence electrons. The van der Waals surface area contributed by atoms with Crippen LogP contribution in [0.2, 0.25) is 0 Å². The molecule has 1 aliphatic rings. The molecule has 0 aliphatic heterocycles.